The number of carbonyl (C=O) groups is 1. The maximum absolute atomic E-state index is 12.2. The van der Waals surface area contributed by atoms with Crippen LogP contribution in [0.25, 0.3) is 0 Å². The molecular formula is C15H24N2O. The lowest BCUT2D eigenvalue weighted by Gasteiger charge is -2.27. The van der Waals surface area contributed by atoms with Crippen LogP contribution < -0.4 is 5.32 Å². The second-order valence-corrected chi connectivity index (χ2v) is 5.14. The van der Waals surface area contributed by atoms with Crippen LogP contribution in [0.3, 0.4) is 0 Å². The molecule has 3 heteroatoms. The van der Waals surface area contributed by atoms with Gasteiger partial charge in [0, 0.05) is 18.6 Å². The highest BCUT2D eigenvalue weighted by molar-refractivity contribution is 5.78. The van der Waals surface area contributed by atoms with Crippen LogP contribution in [0, 0.1) is 0 Å². The molecule has 0 heterocycles. The predicted octanol–water partition coefficient (Wildman–Crippen LogP) is 2.42. The summed E-state index contributed by atoms with van der Waals surface area (Å²) in [5, 5.41) is 3.18. The van der Waals surface area contributed by atoms with Crippen LogP contribution in [0.1, 0.15) is 33.3 Å². The number of hydrogen-bond donors (Lipinski definition) is 1. The molecule has 1 rings (SSSR count). The first-order valence-corrected chi connectivity index (χ1v) is 6.57. The topological polar surface area (TPSA) is 32.3 Å². The van der Waals surface area contributed by atoms with Crippen molar-refractivity contribution in [3.63, 3.8) is 0 Å². The van der Waals surface area contributed by atoms with Crippen molar-refractivity contribution in [1.29, 1.82) is 0 Å². The van der Waals surface area contributed by atoms with E-state index in [-0.39, 0.29) is 11.9 Å². The van der Waals surface area contributed by atoms with Crippen molar-refractivity contribution in [2.75, 3.05) is 6.54 Å². The third kappa shape index (κ3) is 4.88. The van der Waals surface area contributed by atoms with Gasteiger partial charge in [0.15, 0.2) is 0 Å². The van der Waals surface area contributed by atoms with Crippen LogP contribution in [-0.2, 0) is 11.3 Å². The molecule has 0 saturated carbocycles. The van der Waals surface area contributed by atoms with Crippen LogP contribution in [0.4, 0.5) is 0 Å². The maximum Gasteiger partial charge on any atom is 0.237 e. The van der Waals surface area contributed by atoms with Gasteiger partial charge in [-0.3, -0.25) is 4.79 Å². The summed E-state index contributed by atoms with van der Waals surface area (Å²) < 4.78 is 0. The molecule has 0 atom stereocenters. The van der Waals surface area contributed by atoms with Crippen LogP contribution in [-0.4, -0.2) is 29.4 Å². The lowest BCUT2D eigenvalue weighted by molar-refractivity contribution is -0.132. The van der Waals surface area contributed by atoms with Crippen LogP contribution in [0.5, 0.6) is 0 Å². The Labute approximate surface area is 110 Å². The van der Waals surface area contributed by atoms with E-state index in [0.29, 0.717) is 19.1 Å². The van der Waals surface area contributed by atoms with Gasteiger partial charge in [0.05, 0.1) is 6.54 Å². The first kappa shape index (κ1) is 14.7. The molecule has 0 fully saturated rings. The zero-order valence-electron chi connectivity index (χ0n) is 11.8. The normalized spacial score (nSPS) is 11.0. The number of nitrogens with one attached hydrogen (secondary N) is 1. The highest BCUT2D eigenvalue weighted by Crippen LogP contribution is 2.08. The van der Waals surface area contributed by atoms with E-state index >= 15 is 0 Å². The maximum atomic E-state index is 12.2. The van der Waals surface area contributed by atoms with E-state index in [1.807, 2.05) is 36.9 Å². The standard InChI is InChI=1S/C15H24N2O/c1-12(2)16-10-15(18)17(13(3)4)11-14-8-6-5-7-9-14/h5-9,12-13,16H,10-11H2,1-4H3. The Kier molecular flexibility index (Phi) is 5.86. The number of carbonyl (C=O) groups excluding carboxylic acids is 1. The zero-order chi connectivity index (χ0) is 13.5. The van der Waals surface area contributed by atoms with Gasteiger partial charge in [-0.05, 0) is 19.4 Å². The quantitative estimate of drug-likeness (QED) is 0.838. The lowest BCUT2D eigenvalue weighted by Crippen LogP contribution is -2.43. The Morgan fingerprint density at radius 1 is 1.17 bits per heavy atom. The molecule has 1 N–H and O–H groups in total. The van der Waals surface area contributed by atoms with Crippen molar-refractivity contribution in [1.82, 2.24) is 10.2 Å². The molecule has 0 radical (unpaired) electrons. The molecule has 0 bridgehead atoms. The molecule has 18 heavy (non-hydrogen) atoms. The van der Waals surface area contributed by atoms with E-state index in [2.05, 4.69) is 31.3 Å². The molecule has 0 aliphatic heterocycles. The fourth-order valence-electron chi connectivity index (χ4n) is 1.73. The summed E-state index contributed by atoms with van der Waals surface area (Å²) in [4.78, 5) is 14.1. The van der Waals surface area contributed by atoms with Gasteiger partial charge in [0.25, 0.3) is 0 Å². The third-order valence-electron chi connectivity index (χ3n) is 2.80. The summed E-state index contributed by atoms with van der Waals surface area (Å²) in [6, 6.07) is 10.7. The lowest BCUT2D eigenvalue weighted by atomic mass is 10.2. The largest absolute Gasteiger partial charge is 0.335 e. The summed E-state index contributed by atoms with van der Waals surface area (Å²) in [6.07, 6.45) is 0. The minimum absolute atomic E-state index is 0.155. The summed E-state index contributed by atoms with van der Waals surface area (Å²) in [7, 11) is 0. The summed E-state index contributed by atoms with van der Waals surface area (Å²) in [6.45, 7) is 9.28. The zero-order valence-corrected chi connectivity index (χ0v) is 11.8. The van der Waals surface area contributed by atoms with Crippen molar-refractivity contribution >= 4 is 5.91 Å². The van der Waals surface area contributed by atoms with Crippen molar-refractivity contribution in [3.8, 4) is 0 Å². The average Bonchev–Trinajstić information content (AvgIpc) is 2.34. The van der Waals surface area contributed by atoms with Crippen LogP contribution in [0.15, 0.2) is 30.3 Å². The average molecular weight is 248 g/mol. The van der Waals surface area contributed by atoms with E-state index in [0.717, 1.165) is 0 Å². The van der Waals surface area contributed by atoms with Crippen LogP contribution >= 0.6 is 0 Å². The molecule has 0 aliphatic rings. The van der Waals surface area contributed by atoms with Gasteiger partial charge >= 0.3 is 0 Å². The van der Waals surface area contributed by atoms with Gasteiger partial charge in [0.1, 0.15) is 0 Å². The highest BCUT2D eigenvalue weighted by atomic mass is 16.2. The van der Waals surface area contributed by atoms with Crippen molar-refractivity contribution in [3.05, 3.63) is 35.9 Å². The Morgan fingerprint density at radius 3 is 2.28 bits per heavy atom. The summed E-state index contributed by atoms with van der Waals surface area (Å²) >= 11 is 0. The SMILES string of the molecule is CC(C)NCC(=O)N(Cc1ccccc1)C(C)C. The van der Waals surface area contributed by atoms with E-state index in [4.69, 9.17) is 0 Å². The molecule has 1 aromatic carbocycles. The first-order valence-electron chi connectivity index (χ1n) is 6.57. The minimum Gasteiger partial charge on any atom is -0.335 e. The first-order chi connectivity index (χ1) is 8.50. The van der Waals surface area contributed by atoms with Crippen molar-refractivity contribution in [2.45, 2.75) is 46.3 Å². The summed E-state index contributed by atoms with van der Waals surface area (Å²) in [5.41, 5.74) is 1.17. The molecule has 0 saturated heterocycles. The van der Waals surface area contributed by atoms with E-state index in [9.17, 15) is 4.79 Å². The Bertz CT molecular complexity index is 360. The monoisotopic (exact) mass is 248 g/mol. The number of amides is 1. The third-order valence-corrected chi connectivity index (χ3v) is 2.80. The van der Waals surface area contributed by atoms with Crippen molar-refractivity contribution < 1.29 is 4.79 Å². The van der Waals surface area contributed by atoms with E-state index in [1.165, 1.54) is 5.56 Å². The van der Waals surface area contributed by atoms with Gasteiger partial charge in [-0.25, -0.2) is 0 Å². The predicted molar refractivity (Wildman–Crippen MR) is 75.3 cm³/mol. The minimum atomic E-state index is 0.155. The molecule has 0 unspecified atom stereocenters. The summed E-state index contributed by atoms with van der Waals surface area (Å²) in [5.74, 6) is 0.155. The second-order valence-electron chi connectivity index (χ2n) is 5.14. The fourth-order valence-corrected chi connectivity index (χ4v) is 1.73. The number of benzene rings is 1. The van der Waals surface area contributed by atoms with E-state index < -0.39 is 0 Å². The van der Waals surface area contributed by atoms with Gasteiger partial charge in [-0.2, -0.15) is 0 Å². The molecule has 100 valence electrons. The molecule has 0 aromatic heterocycles. The smallest absolute Gasteiger partial charge is 0.237 e. The second kappa shape index (κ2) is 7.17. The van der Waals surface area contributed by atoms with Crippen LogP contribution in [0.2, 0.25) is 0 Å². The fraction of sp³-hybridized carbons (Fsp3) is 0.533. The molecule has 0 spiro atoms. The highest BCUT2D eigenvalue weighted by Gasteiger charge is 2.16. The molecule has 1 aromatic rings. The Balaban J connectivity index is 2.62. The van der Waals surface area contributed by atoms with E-state index in [1.54, 1.807) is 0 Å². The molecule has 3 nitrogen and oxygen atoms in total. The van der Waals surface area contributed by atoms with Gasteiger partial charge < -0.3 is 10.2 Å². The number of hydrogen-bond acceptors (Lipinski definition) is 2. The molecular weight excluding hydrogens is 224 g/mol. The Morgan fingerprint density at radius 2 is 1.78 bits per heavy atom. The Hall–Kier alpha value is -1.35. The number of nitrogens with zero attached hydrogens (tertiary/aromatic N) is 1. The molecule has 0 aliphatic carbocycles. The van der Waals surface area contributed by atoms with Crippen molar-refractivity contribution in [2.24, 2.45) is 0 Å². The number of rotatable bonds is 6. The van der Waals surface area contributed by atoms with Gasteiger partial charge in [0.2, 0.25) is 5.91 Å². The van der Waals surface area contributed by atoms with Gasteiger partial charge in [-0.1, -0.05) is 44.2 Å². The molecule has 1 amide bonds. The van der Waals surface area contributed by atoms with Gasteiger partial charge in [-0.15, -0.1) is 0 Å².